The molecular weight excluding hydrogens is 503 g/mol. The molecule has 2 aromatic carbocycles. The van der Waals surface area contributed by atoms with Crippen LogP contribution in [0.3, 0.4) is 0 Å². The summed E-state index contributed by atoms with van der Waals surface area (Å²) < 4.78 is 21.0. The van der Waals surface area contributed by atoms with Crippen molar-refractivity contribution in [2.45, 2.75) is 6.92 Å². The average molecular weight is 522 g/mol. The molecule has 1 amide bonds. The van der Waals surface area contributed by atoms with Crippen molar-refractivity contribution in [2.75, 3.05) is 31.1 Å². The van der Waals surface area contributed by atoms with Crippen LogP contribution in [0, 0.1) is 6.92 Å². The van der Waals surface area contributed by atoms with Crippen LogP contribution >= 0.6 is 19.4 Å². The molecule has 0 aliphatic carbocycles. The third-order valence-corrected chi connectivity index (χ3v) is 5.66. The van der Waals surface area contributed by atoms with Crippen molar-refractivity contribution < 1.29 is 87.2 Å². The summed E-state index contributed by atoms with van der Waals surface area (Å²) in [4.78, 5) is 43.2. The minimum atomic E-state index is -5.21. The normalized spacial score (nSPS) is 13.6. The van der Waals surface area contributed by atoms with Crippen LogP contribution < -0.4 is 78.3 Å². The zero-order chi connectivity index (χ0) is 22.9. The number of nitrogens with zero attached hydrogens (tertiary/aromatic N) is 3. The largest absolute Gasteiger partial charge is 1.00 e. The summed E-state index contributed by atoms with van der Waals surface area (Å²) in [5.74, 6) is -0.158. The zero-order valence-electron chi connectivity index (χ0n) is 19.1. The summed E-state index contributed by atoms with van der Waals surface area (Å²) in [5, 5.41) is 0.652. The number of amides is 1. The second-order valence-corrected chi connectivity index (χ2v) is 8.75. The van der Waals surface area contributed by atoms with Crippen molar-refractivity contribution in [1.29, 1.82) is 0 Å². The van der Waals surface area contributed by atoms with E-state index in [-0.39, 0.29) is 88.1 Å². The van der Waals surface area contributed by atoms with Crippen molar-refractivity contribution in [1.82, 2.24) is 9.88 Å². The van der Waals surface area contributed by atoms with Crippen LogP contribution in [-0.2, 0) is 4.57 Å². The molecule has 0 unspecified atom stereocenters. The molecule has 34 heavy (non-hydrogen) atoms. The van der Waals surface area contributed by atoms with E-state index >= 15 is 0 Å². The predicted octanol–water partition coefficient (Wildman–Crippen LogP) is -3.52. The molecule has 1 saturated heterocycles. The van der Waals surface area contributed by atoms with E-state index in [1.165, 1.54) is 18.2 Å². The van der Waals surface area contributed by atoms with Gasteiger partial charge in [-0.25, -0.2) is 4.98 Å². The van der Waals surface area contributed by atoms with Crippen LogP contribution in [0.1, 0.15) is 16.4 Å². The molecule has 1 fully saturated rings. The number of halogens is 1. The quantitative estimate of drug-likeness (QED) is 0.250. The Hall–Kier alpha value is -0.840. The second-order valence-electron chi connectivity index (χ2n) is 7.24. The van der Waals surface area contributed by atoms with Gasteiger partial charge in [0.1, 0.15) is 19.3 Å². The van der Waals surface area contributed by atoms with Crippen LogP contribution in [0.2, 0.25) is 5.02 Å². The number of piperazine rings is 1. The van der Waals surface area contributed by atoms with Crippen molar-refractivity contribution in [3.8, 4) is 17.0 Å². The number of phosphoric ester groups is 1. The molecule has 0 bridgehead atoms. The molecule has 1 aromatic heterocycles. The third-order valence-electron chi connectivity index (χ3n) is 4.99. The molecule has 0 N–H and O–H groups in total. The number of aromatic nitrogens is 1. The molecule has 4 rings (SSSR count). The monoisotopic (exact) mass is 521 g/mol. The summed E-state index contributed by atoms with van der Waals surface area (Å²) >= 11 is 6.08. The first-order valence-electron chi connectivity index (χ1n) is 9.79. The Morgan fingerprint density at radius 3 is 2.41 bits per heavy atom. The fourth-order valence-corrected chi connectivity index (χ4v) is 4.14. The first-order chi connectivity index (χ1) is 15.2. The van der Waals surface area contributed by atoms with Gasteiger partial charge < -0.3 is 33.1 Å². The first kappa shape index (κ1) is 29.4. The van der Waals surface area contributed by atoms with Gasteiger partial charge in [0.05, 0.1) is 0 Å². The van der Waals surface area contributed by atoms with Gasteiger partial charge in [-0.3, -0.25) is 4.79 Å². The summed E-state index contributed by atoms with van der Waals surface area (Å²) in [6.07, 6.45) is 0. The molecule has 13 heteroatoms. The number of phosphoric acid groups is 1. The SMILES string of the molecule is Cc1nc(-c2cccc(OP(=O)([O-])[O-])c2)c(C(=O)N2CCN(c3cccc(Cl)c3)CC2)o1.[Na+].[Na+]. The predicted molar refractivity (Wildman–Crippen MR) is 114 cm³/mol. The van der Waals surface area contributed by atoms with Crippen molar-refractivity contribution in [3.05, 3.63) is 65.2 Å². The second kappa shape index (κ2) is 12.4. The number of rotatable bonds is 5. The third kappa shape index (κ3) is 7.34. The summed E-state index contributed by atoms with van der Waals surface area (Å²) in [5.41, 5.74) is 1.64. The molecule has 168 valence electrons. The van der Waals surface area contributed by atoms with Gasteiger partial charge >= 0.3 is 59.1 Å². The maximum atomic E-state index is 13.2. The molecule has 1 aliphatic heterocycles. The van der Waals surface area contributed by atoms with E-state index in [0.29, 0.717) is 36.8 Å². The van der Waals surface area contributed by atoms with E-state index in [1.807, 2.05) is 24.3 Å². The van der Waals surface area contributed by atoms with E-state index in [2.05, 4.69) is 14.4 Å². The van der Waals surface area contributed by atoms with Crippen LogP contribution in [0.25, 0.3) is 11.3 Å². The molecule has 1 aliphatic rings. The van der Waals surface area contributed by atoms with Crippen LogP contribution in [0.5, 0.6) is 5.75 Å². The number of benzene rings is 2. The van der Waals surface area contributed by atoms with Gasteiger partial charge in [0.15, 0.2) is 5.89 Å². The Morgan fingerprint density at radius 2 is 1.76 bits per heavy atom. The fourth-order valence-electron chi connectivity index (χ4n) is 3.58. The molecule has 9 nitrogen and oxygen atoms in total. The molecule has 0 atom stereocenters. The standard InChI is InChI=1S/C21H21ClN3O6P.2Na/c1-14-23-19(15-4-2-7-18(12-15)31-32(27,28)29)20(30-14)21(26)25-10-8-24(9-11-25)17-6-3-5-16(22)13-17;;/h2-7,12-13H,8-11H2,1H3,(H2,27,28,29);;/q;2*+1/p-2. The van der Waals surface area contributed by atoms with Gasteiger partial charge in [-0.05, 0) is 30.3 Å². The van der Waals surface area contributed by atoms with Gasteiger partial charge in [0.2, 0.25) is 5.76 Å². The Balaban J connectivity index is 0.00000204. The molecule has 3 aromatic rings. The van der Waals surface area contributed by atoms with E-state index in [4.69, 9.17) is 16.0 Å². The first-order valence-corrected chi connectivity index (χ1v) is 11.6. The van der Waals surface area contributed by atoms with Gasteiger partial charge in [-0.1, -0.05) is 29.8 Å². The smallest absolute Gasteiger partial charge is 0.780 e. The maximum Gasteiger partial charge on any atom is 1.00 e. The van der Waals surface area contributed by atoms with Crippen LogP contribution in [0.15, 0.2) is 52.9 Å². The molecule has 2 heterocycles. The van der Waals surface area contributed by atoms with Crippen LogP contribution in [0.4, 0.5) is 5.69 Å². The fraction of sp³-hybridized carbons (Fsp3) is 0.238. The summed E-state index contributed by atoms with van der Waals surface area (Å²) in [7, 11) is -5.21. The van der Waals surface area contributed by atoms with Crippen molar-refractivity contribution in [3.63, 3.8) is 0 Å². The number of oxazole rings is 1. The Bertz CT molecular complexity index is 1200. The number of carbonyl (C=O) groups excluding carboxylic acids is 1. The minimum absolute atomic E-state index is 0. The van der Waals surface area contributed by atoms with Gasteiger partial charge in [0.25, 0.3) is 5.91 Å². The van der Waals surface area contributed by atoms with E-state index < -0.39 is 7.82 Å². The molecular formula is C21H19ClN3Na2O6P. The summed E-state index contributed by atoms with van der Waals surface area (Å²) in [6, 6.07) is 13.3. The Labute approximate surface area is 246 Å². The summed E-state index contributed by atoms with van der Waals surface area (Å²) in [6.45, 7) is 3.81. The molecule has 0 spiro atoms. The number of hydrogen-bond acceptors (Lipinski definition) is 8. The Morgan fingerprint density at radius 1 is 1.09 bits per heavy atom. The molecule has 0 radical (unpaired) electrons. The van der Waals surface area contributed by atoms with Gasteiger partial charge in [-0.15, -0.1) is 0 Å². The van der Waals surface area contributed by atoms with E-state index in [1.54, 1.807) is 17.9 Å². The van der Waals surface area contributed by atoms with E-state index in [0.717, 1.165) is 5.69 Å². The van der Waals surface area contributed by atoms with E-state index in [9.17, 15) is 19.1 Å². The van der Waals surface area contributed by atoms with Gasteiger partial charge in [0, 0.05) is 49.4 Å². The number of aryl methyl sites for hydroxylation is 1. The van der Waals surface area contributed by atoms with Crippen molar-refractivity contribution in [2.24, 2.45) is 0 Å². The van der Waals surface area contributed by atoms with Crippen LogP contribution in [-0.4, -0.2) is 42.0 Å². The number of anilines is 1. The zero-order valence-corrected chi connectivity index (χ0v) is 24.7. The van der Waals surface area contributed by atoms with Crippen molar-refractivity contribution >= 4 is 31.0 Å². The van der Waals surface area contributed by atoms with Gasteiger partial charge in [-0.2, -0.15) is 0 Å². The minimum Gasteiger partial charge on any atom is -0.780 e. The Kier molecular flexibility index (Phi) is 10.7. The number of carbonyl (C=O) groups is 1. The topological polar surface area (TPSA) is 122 Å². The average Bonchev–Trinajstić information content (AvgIpc) is 3.14. The number of hydrogen-bond donors (Lipinski definition) is 0. The molecule has 0 saturated carbocycles. The maximum absolute atomic E-state index is 13.2.